The minimum Gasteiger partial charge on any atom is -0.366 e. The van der Waals surface area contributed by atoms with E-state index in [2.05, 4.69) is 25.2 Å². The van der Waals surface area contributed by atoms with Crippen LogP contribution in [0.15, 0.2) is 36.8 Å². The number of aryl methyl sites for hydroxylation is 1. The number of anilines is 3. The summed E-state index contributed by atoms with van der Waals surface area (Å²) in [5, 5.41) is 14.5. The van der Waals surface area contributed by atoms with Crippen LogP contribution in [0.25, 0.3) is 11.1 Å². The summed E-state index contributed by atoms with van der Waals surface area (Å²) in [5.41, 5.74) is 1.91. The summed E-state index contributed by atoms with van der Waals surface area (Å²) in [6, 6.07) is 4.42. The first-order valence-electron chi connectivity index (χ1n) is 13.0. The summed E-state index contributed by atoms with van der Waals surface area (Å²) in [7, 11) is 4.04. The third-order valence-corrected chi connectivity index (χ3v) is 7.39. The average Bonchev–Trinajstić information content (AvgIpc) is 2.96. The topological polar surface area (TPSA) is 138 Å². The van der Waals surface area contributed by atoms with Gasteiger partial charge >= 0.3 is 11.7 Å². The van der Waals surface area contributed by atoms with Crippen molar-refractivity contribution in [3.8, 4) is 11.1 Å². The standard InChI is InChI=1S/C27H29FN8O4/c1-33(2)20-5-8-34(9-6-20)23-12-25(30-15-24(23)36(39)40)32-27(38)35-7-3-4-17-11-21(22(16-37)31-26(17)35)18-10-19(28)14-29-13-18/h10-16,20H,3-9H2,1-2H3,(H,30,32,38). The Kier molecular flexibility index (Phi) is 7.65. The molecule has 40 heavy (non-hydrogen) atoms. The molecule has 1 N–H and O–H groups in total. The van der Waals surface area contributed by atoms with Crippen LogP contribution in [0.1, 0.15) is 35.3 Å². The molecule has 3 aromatic heterocycles. The predicted molar refractivity (Wildman–Crippen MR) is 147 cm³/mol. The van der Waals surface area contributed by atoms with Crippen LogP contribution in [-0.2, 0) is 6.42 Å². The van der Waals surface area contributed by atoms with Crippen LogP contribution in [0, 0.1) is 15.9 Å². The lowest BCUT2D eigenvalue weighted by Gasteiger charge is -2.36. The lowest BCUT2D eigenvalue weighted by Crippen LogP contribution is -2.42. The number of rotatable bonds is 6. The molecule has 0 radical (unpaired) electrons. The molecule has 12 nitrogen and oxygen atoms in total. The van der Waals surface area contributed by atoms with Crippen molar-refractivity contribution < 1.29 is 18.9 Å². The van der Waals surface area contributed by atoms with Crippen molar-refractivity contribution in [3.63, 3.8) is 0 Å². The smallest absolute Gasteiger partial charge is 0.328 e. The first-order chi connectivity index (χ1) is 19.2. The monoisotopic (exact) mass is 548 g/mol. The maximum Gasteiger partial charge on any atom is 0.328 e. The van der Waals surface area contributed by atoms with E-state index >= 15 is 0 Å². The van der Waals surface area contributed by atoms with Crippen LogP contribution in [0.3, 0.4) is 0 Å². The van der Waals surface area contributed by atoms with Crippen molar-refractivity contribution in [2.75, 3.05) is 48.8 Å². The molecular formula is C27H29FN8O4. The highest BCUT2D eigenvalue weighted by molar-refractivity contribution is 6.02. The Morgan fingerprint density at radius 2 is 1.95 bits per heavy atom. The summed E-state index contributed by atoms with van der Waals surface area (Å²) in [5.74, 6) is -0.0394. The number of piperidine rings is 1. The Bertz CT molecular complexity index is 1460. The van der Waals surface area contributed by atoms with E-state index < -0.39 is 16.8 Å². The summed E-state index contributed by atoms with van der Waals surface area (Å²) < 4.78 is 13.8. The third-order valence-electron chi connectivity index (χ3n) is 7.39. The number of halogens is 1. The molecular weight excluding hydrogens is 519 g/mol. The van der Waals surface area contributed by atoms with Gasteiger partial charge in [0.15, 0.2) is 6.29 Å². The highest BCUT2D eigenvalue weighted by Crippen LogP contribution is 2.34. The molecule has 2 aliphatic heterocycles. The van der Waals surface area contributed by atoms with Crippen LogP contribution in [0.5, 0.6) is 0 Å². The molecule has 0 aromatic carbocycles. The third kappa shape index (κ3) is 5.45. The van der Waals surface area contributed by atoms with Crippen molar-refractivity contribution in [3.05, 3.63) is 64.0 Å². The molecule has 1 fully saturated rings. The summed E-state index contributed by atoms with van der Waals surface area (Å²) >= 11 is 0. The number of hydrogen-bond donors (Lipinski definition) is 1. The van der Waals surface area contributed by atoms with Gasteiger partial charge < -0.3 is 9.80 Å². The predicted octanol–water partition coefficient (Wildman–Crippen LogP) is 3.91. The second-order valence-corrected chi connectivity index (χ2v) is 10.1. The van der Waals surface area contributed by atoms with E-state index in [1.807, 2.05) is 19.0 Å². The zero-order valence-electron chi connectivity index (χ0n) is 22.2. The lowest BCUT2D eigenvalue weighted by atomic mass is 9.98. The van der Waals surface area contributed by atoms with Crippen molar-refractivity contribution in [1.82, 2.24) is 19.9 Å². The SMILES string of the molecule is CN(C)C1CCN(c2cc(NC(=O)N3CCCc4cc(-c5cncc(F)c5)c(C=O)nc43)ncc2[N+](=O)[O-])CC1. The van der Waals surface area contributed by atoms with Crippen molar-refractivity contribution in [2.45, 2.75) is 31.7 Å². The molecule has 3 aromatic rings. The lowest BCUT2D eigenvalue weighted by molar-refractivity contribution is -0.384. The molecule has 1 saturated heterocycles. The number of aromatic nitrogens is 3. The molecule has 208 valence electrons. The number of nitrogens with zero attached hydrogens (tertiary/aromatic N) is 7. The van der Waals surface area contributed by atoms with Gasteiger partial charge in [0.25, 0.3) is 0 Å². The Hall–Kier alpha value is -4.52. The van der Waals surface area contributed by atoms with Crippen LogP contribution in [0.2, 0.25) is 0 Å². The second kappa shape index (κ2) is 11.3. The largest absolute Gasteiger partial charge is 0.366 e. The minimum atomic E-state index is -0.537. The van der Waals surface area contributed by atoms with E-state index in [1.54, 1.807) is 6.07 Å². The maximum atomic E-state index is 13.8. The molecule has 5 rings (SSSR count). The summed E-state index contributed by atoms with van der Waals surface area (Å²) in [4.78, 5) is 54.5. The van der Waals surface area contributed by atoms with Gasteiger partial charge in [0.1, 0.15) is 35.0 Å². The van der Waals surface area contributed by atoms with E-state index in [-0.39, 0.29) is 17.2 Å². The molecule has 13 heteroatoms. The van der Waals surface area contributed by atoms with Crippen LogP contribution in [0.4, 0.5) is 32.2 Å². The van der Waals surface area contributed by atoms with Gasteiger partial charge in [0, 0.05) is 49.1 Å². The van der Waals surface area contributed by atoms with Crippen molar-refractivity contribution in [1.29, 1.82) is 0 Å². The quantitative estimate of drug-likeness (QED) is 0.276. The Balaban J connectivity index is 1.41. The average molecular weight is 549 g/mol. The zero-order valence-corrected chi connectivity index (χ0v) is 22.2. The molecule has 0 saturated carbocycles. The summed E-state index contributed by atoms with van der Waals surface area (Å²) in [6.45, 7) is 1.63. The fourth-order valence-electron chi connectivity index (χ4n) is 5.29. The second-order valence-electron chi connectivity index (χ2n) is 10.1. The number of aldehydes is 1. The normalized spacial score (nSPS) is 15.6. The molecule has 5 heterocycles. The number of amides is 2. The van der Waals surface area contributed by atoms with Gasteiger partial charge in [0.2, 0.25) is 0 Å². The fraction of sp³-hybridized carbons (Fsp3) is 0.370. The van der Waals surface area contributed by atoms with Crippen LogP contribution >= 0.6 is 0 Å². The molecule has 2 amide bonds. The number of nitro groups is 1. The fourth-order valence-corrected chi connectivity index (χ4v) is 5.29. The zero-order chi connectivity index (χ0) is 28.4. The minimum absolute atomic E-state index is 0.0581. The van der Waals surface area contributed by atoms with Crippen molar-refractivity contribution >= 4 is 35.3 Å². The van der Waals surface area contributed by atoms with E-state index in [0.717, 1.165) is 30.8 Å². The van der Waals surface area contributed by atoms with Crippen molar-refractivity contribution in [2.24, 2.45) is 0 Å². The molecule has 0 unspecified atom stereocenters. The molecule has 0 bridgehead atoms. The van der Waals surface area contributed by atoms with Crippen LogP contribution in [-0.4, -0.2) is 76.9 Å². The number of nitrogens with one attached hydrogen (secondary N) is 1. The first-order valence-corrected chi connectivity index (χ1v) is 13.0. The Morgan fingerprint density at radius 1 is 1.18 bits per heavy atom. The Labute approximate surface area is 230 Å². The highest BCUT2D eigenvalue weighted by Gasteiger charge is 2.29. The van der Waals surface area contributed by atoms with Gasteiger partial charge in [-0.25, -0.2) is 19.2 Å². The van der Waals surface area contributed by atoms with Gasteiger partial charge in [0.05, 0.1) is 11.1 Å². The maximum absolute atomic E-state index is 13.8. The van der Waals surface area contributed by atoms with Gasteiger partial charge in [-0.15, -0.1) is 0 Å². The first kappa shape index (κ1) is 27.1. The molecule has 0 spiro atoms. The molecule has 0 aliphatic carbocycles. The summed E-state index contributed by atoms with van der Waals surface area (Å²) in [6.07, 6.45) is 7.23. The van der Waals surface area contributed by atoms with E-state index in [9.17, 15) is 24.1 Å². The molecule has 2 aliphatic rings. The van der Waals surface area contributed by atoms with Gasteiger partial charge in [-0.3, -0.25) is 30.1 Å². The van der Waals surface area contributed by atoms with Gasteiger partial charge in [-0.05, 0) is 57.5 Å². The van der Waals surface area contributed by atoms with Crippen LogP contribution < -0.4 is 15.1 Å². The van der Waals surface area contributed by atoms with E-state index in [1.165, 1.54) is 23.2 Å². The number of pyridine rings is 3. The number of carbonyl (C=O) groups excluding carboxylic acids is 2. The number of hydrogen-bond acceptors (Lipinski definition) is 9. The van der Waals surface area contributed by atoms with Gasteiger partial charge in [-0.1, -0.05) is 0 Å². The van der Waals surface area contributed by atoms with E-state index in [4.69, 9.17) is 0 Å². The molecule has 0 atom stereocenters. The number of fused-ring (bicyclic) bond motifs is 1. The number of carbonyl (C=O) groups is 2. The highest BCUT2D eigenvalue weighted by atomic mass is 19.1. The number of urea groups is 1. The van der Waals surface area contributed by atoms with Gasteiger partial charge in [-0.2, -0.15) is 0 Å². The van der Waals surface area contributed by atoms with E-state index in [0.29, 0.717) is 67.4 Å². The Morgan fingerprint density at radius 3 is 2.62 bits per heavy atom.